The molecule has 1 aromatic heterocycles. The molecule has 0 radical (unpaired) electrons. The van der Waals surface area contributed by atoms with Crippen LogP contribution in [0.15, 0.2) is 36.2 Å². The number of fused-ring (bicyclic) bond motifs is 4. The first-order valence-corrected chi connectivity index (χ1v) is 15.9. The number of halogens is 1. The monoisotopic (exact) mass is 565 g/mol. The van der Waals surface area contributed by atoms with Gasteiger partial charge in [0.15, 0.2) is 5.78 Å². The van der Waals surface area contributed by atoms with Gasteiger partial charge in [0.2, 0.25) is 0 Å². The second kappa shape index (κ2) is 11.0. The quantitative estimate of drug-likeness (QED) is 0.549. The Kier molecular flexibility index (Phi) is 7.40. The molecule has 0 aromatic carbocycles. The summed E-state index contributed by atoms with van der Waals surface area (Å²) >= 11 is 0. The van der Waals surface area contributed by atoms with Crippen LogP contribution < -0.4 is 5.73 Å². The van der Waals surface area contributed by atoms with E-state index in [1.54, 1.807) is 18.1 Å². The van der Waals surface area contributed by atoms with Gasteiger partial charge in [-0.05, 0) is 56.1 Å². The number of alkyl halides is 1. The summed E-state index contributed by atoms with van der Waals surface area (Å²) in [6.07, 6.45) is 10.6. The third-order valence-electron chi connectivity index (χ3n) is 11.1. The van der Waals surface area contributed by atoms with Crippen LogP contribution in [0.3, 0.4) is 0 Å². The standard InChI is InChI=1S/C32H44FN5O3/c1-36(14-12-21-7-4-5-13-35-21)32(40)24-18-38-26-10-9-19-6-2-3-8-22(19)30(26)41-31-27(38)23(29(24)39)16-25(33)28(31)37-15-11-20(34)17-37/h4-5,7,13,18-20,22-23,25-28,30-31H,2-3,6,8-12,14-17,34H2,1H3/t19?,20-,22?,23?,25?,26?,27?,28?,30?,31?/m1/s1. The largest absolute Gasteiger partial charge is 0.369 e. The van der Waals surface area contributed by atoms with E-state index in [0.717, 1.165) is 37.9 Å². The molecule has 5 fully saturated rings. The van der Waals surface area contributed by atoms with Crippen molar-refractivity contribution in [2.24, 2.45) is 23.5 Å². The maximum atomic E-state index is 16.3. The molecule has 4 heterocycles. The minimum absolute atomic E-state index is 0.00251. The third kappa shape index (κ3) is 4.82. The van der Waals surface area contributed by atoms with Crippen LogP contribution in [0.1, 0.15) is 57.1 Å². The highest BCUT2D eigenvalue weighted by atomic mass is 19.1. The van der Waals surface area contributed by atoms with E-state index < -0.39 is 24.2 Å². The number of rotatable bonds is 5. The zero-order valence-electron chi connectivity index (χ0n) is 24.1. The number of nitrogens with zero attached hydrogens (tertiary/aromatic N) is 4. The first-order valence-electron chi connectivity index (χ1n) is 15.9. The van der Waals surface area contributed by atoms with Crippen molar-refractivity contribution in [3.05, 3.63) is 41.9 Å². The Balaban J connectivity index is 1.21. The van der Waals surface area contributed by atoms with E-state index in [0.29, 0.717) is 31.3 Å². The summed E-state index contributed by atoms with van der Waals surface area (Å²) in [5.74, 6) is 0.0160. The van der Waals surface area contributed by atoms with Crippen LogP contribution in [0, 0.1) is 17.8 Å². The van der Waals surface area contributed by atoms with Gasteiger partial charge in [-0.15, -0.1) is 0 Å². The number of carbonyl (C=O) groups is 2. The average molecular weight is 566 g/mol. The molecule has 3 aliphatic carbocycles. The van der Waals surface area contributed by atoms with Gasteiger partial charge in [0.05, 0.1) is 35.9 Å². The molecule has 3 saturated carbocycles. The molecule has 9 heteroatoms. The minimum Gasteiger partial charge on any atom is -0.369 e. The second-order valence-corrected chi connectivity index (χ2v) is 13.5. The topological polar surface area (TPSA) is 92.0 Å². The van der Waals surface area contributed by atoms with Gasteiger partial charge in [0, 0.05) is 63.2 Å². The summed E-state index contributed by atoms with van der Waals surface area (Å²) in [6.45, 7) is 1.88. The first kappa shape index (κ1) is 27.5. The number of ether oxygens (including phenoxy) is 1. The molecule has 1 aromatic rings. The van der Waals surface area contributed by atoms with Gasteiger partial charge in [0.1, 0.15) is 6.17 Å². The van der Waals surface area contributed by atoms with Crippen molar-refractivity contribution in [3.8, 4) is 0 Å². The number of aromatic nitrogens is 1. The zero-order chi connectivity index (χ0) is 28.2. The van der Waals surface area contributed by atoms with Crippen LogP contribution in [-0.4, -0.2) is 101 Å². The third-order valence-corrected chi connectivity index (χ3v) is 11.1. The van der Waals surface area contributed by atoms with E-state index in [1.807, 2.05) is 24.4 Å². The maximum Gasteiger partial charge on any atom is 0.258 e. The zero-order valence-corrected chi connectivity index (χ0v) is 24.1. The molecule has 8 nitrogen and oxygen atoms in total. The van der Waals surface area contributed by atoms with Crippen LogP contribution >= 0.6 is 0 Å². The summed E-state index contributed by atoms with van der Waals surface area (Å²) in [5, 5.41) is 0. The molecule has 6 aliphatic rings. The highest BCUT2D eigenvalue weighted by molar-refractivity contribution is 6.20. The lowest BCUT2D eigenvalue weighted by molar-refractivity contribution is -0.231. The molecule has 1 amide bonds. The second-order valence-electron chi connectivity index (χ2n) is 13.5. The van der Waals surface area contributed by atoms with E-state index in [2.05, 4.69) is 14.8 Å². The fourth-order valence-electron chi connectivity index (χ4n) is 9.15. The Labute approximate surface area is 242 Å². The van der Waals surface area contributed by atoms with Gasteiger partial charge in [-0.2, -0.15) is 0 Å². The van der Waals surface area contributed by atoms with Crippen molar-refractivity contribution in [3.63, 3.8) is 0 Å². The number of ketones is 1. The maximum absolute atomic E-state index is 16.3. The molecule has 7 rings (SSSR count). The summed E-state index contributed by atoms with van der Waals surface area (Å²) in [6, 6.07) is 5.26. The van der Waals surface area contributed by atoms with Gasteiger partial charge in [-0.25, -0.2) is 4.39 Å². The molecule has 3 aliphatic heterocycles. The van der Waals surface area contributed by atoms with Crippen LogP contribution in [0.2, 0.25) is 0 Å². The molecule has 0 bridgehead atoms. The Morgan fingerprint density at radius 3 is 2.78 bits per heavy atom. The van der Waals surface area contributed by atoms with Gasteiger partial charge in [-0.3, -0.25) is 19.5 Å². The average Bonchev–Trinajstić information content (AvgIpc) is 3.42. The molecular formula is C32H44FN5O3. The minimum atomic E-state index is -1.20. The van der Waals surface area contributed by atoms with Gasteiger partial charge in [0.25, 0.3) is 5.91 Å². The van der Waals surface area contributed by atoms with Crippen LogP contribution in [0.4, 0.5) is 4.39 Å². The Bertz CT molecular complexity index is 1180. The molecular weight excluding hydrogens is 521 g/mol. The smallest absolute Gasteiger partial charge is 0.258 e. The van der Waals surface area contributed by atoms with E-state index >= 15 is 4.39 Å². The lowest BCUT2D eigenvalue weighted by atomic mass is 9.64. The van der Waals surface area contributed by atoms with E-state index in [9.17, 15) is 9.59 Å². The lowest BCUT2D eigenvalue weighted by Gasteiger charge is -2.62. The number of pyridine rings is 1. The van der Waals surface area contributed by atoms with Crippen molar-refractivity contribution < 1.29 is 18.7 Å². The molecule has 10 atom stereocenters. The molecule has 2 N–H and O–H groups in total. The normalized spacial score (nSPS) is 40.3. The first-order chi connectivity index (χ1) is 19.9. The highest BCUT2D eigenvalue weighted by Gasteiger charge is 2.61. The summed E-state index contributed by atoms with van der Waals surface area (Å²) in [7, 11) is 1.75. The Morgan fingerprint density at radius 2 is 2.00 bits per heavy atom. The SMILES string of the molecule is CN(CCc1ccccn1)C(=O)C1=CN2C3CCC4CCCCC4C3OC3C(N4CC[C@@H](N)C4)C(F)CC(C1=O)C32. The van der Waals surface area contributed by atoms with Crippen molar-refractivity contribution >= 4 is 11.7 Å². The number of hydrogen-bond donors (Lipinski definition) is 1. The Hall–Kier alpha value is -2.36. The summed E-state index contributed by atoms with van der Waals surface area (Å²) in [5.41, 5.74) is 7.37. The molecule has 9 unspecified atom stereocenters. The van der Waals surface area contributed by atoms with Gasteiger partial charge < -0.3 is 20.3 Å². The van der Waals surface area contributed by atoms with E-state index in [-0.39, 0.29) is 47.9 Å². The number of likely N-dealkylation sites (N-methyl/N-ethyl adjacent to an activating group) is 1. The number of carbonyl (C=O) groups excluding carboxylic acids is 2. The number of amides is 1. The van der Waals surface area contributed by atoms with Crippen molar-refractivity contribution in [2.75, 3.05) is 26.7 Å². The van der Waals surface area contributed by atoms with Crippen LogP contribution in [0.25, 0.3) is 0 Å². The molecule has 2 saturated heterocycles. The predicted molar refractivity (Wildman–Crippen MR) is 152 cm³/mol. The van der Waals surface area contributed by atoms with Crippen LogP contribution in [0.5, 0.6) is 0 Å². The number of Topliss-reactive ketones (excluding diaryl/α,β-unsaturated/α-hetero) is 1. The number of nitrogens with two attached hydrogens (primary N) is 1. The van der Waals surface area contributed by atoms with Crippen molar-refractivity contribution in [1.82, 2.24) is 19.7 Å². The van der Waals surface area contributed by atoms with Crippen molar-refractivity contribution in [2.45, 2.75) is 100 Å². The predicted octanol–water partition coefficient (Wildman–Crippen LogP) is 2.72. The number of likely N-dealkylation sites (tertiary alicyclic amines) is 1. The summed E-state index contributed by atoms with van der Waals surface area (Å²) < 4.78 is 23.3. The molecule has 222 valence electrons. The lowest BCUT2D eigenvalue weighted by Crippen LogP contribution is -2.74. The fraction of sp³-hybridized carbons (Fsp3) is 0.719. The summed E-state index contributed by atoms with van der Waals surface area (Å²) in [4.78, 5) is 38.3. The fourth-order valence-corrected chi connectivity index (χ4v) is 9.15. The highest BCUT2D eigenvalue weighted by Crippen LogP contribution is 2.51. The number of hydrogen-bond acceptors (Lipinski definition) is 7. The number of morpholine rings is 1. The van der Waals surface area contributed by atoms with Crippen molar-refractivity contribution in [1.29, 1.82) is 0 Å². The van der Waals surface area contributed by atoms with Gasteiger partial charge in [-0.1, -0.05) is 25.3 Å². The van der Waals surface area contributed by atoms with E-state index in [4.69, 9.17) is 10.5 Å². The molecule has 0 spiro atoms. The molecule has 41 heavy (non-hydrogen) atoms. The van der Waals surface area contributed by atoms with E-state index in [1.165, 1.54) is 19.3 Å². The van der Waals surface area contributed by atoms with Crippen LogP contribution in [-0.2, 0) is 20.7 Å². The Morgan fingerprint density at radius 1 is 1.15 bits per heavy atom. The van der Waals surface area contributed by atoms with Gasteiger partial charge >= 0.3 is 0 Å².